The van der Waals surface area contributed by atoms with Gasteiger partial charge in [0.2, 0.25) is 11.8 Å². The fourth-order valence-corrected chi connectivity index (χ4v) is 3.01. The molecule has 0 aliphatic rings. The number of benzene rings is 1. The molecule has 8 heteroatoms. The maximum atomic E-state index is 12.5. The molecule has 0 spiro atoms. The number of carbonyl (C=O) groups excluding carboxylic acids is 1. The van der Waals surface area contributed by atoms with Gasteiger partial charge in [-0.1, -0.05) is 0 Å². The number of nitrogens with zero attached hydrogens (tertiary/aromatic N) is 4. The molecule has 3 rings (SSSR count). The third kappa shape index (κ3) is 5.02. The molecular formula is C22H26N6O2. The summed E-state index contributed by atoms with van der Waals surface area (Å²) in [5.74, 6) is 1.43. The smallest absolute Gasteiger partial charge is 0.261 e. The van der Waals surface area contributed by atoms with E-state index in [2.05, 4.69) is 44.3 Å². The molecule has 0 aliphatic carbocycles. The van der Waals surface area contributed by atoms with Crippen LogP contribution in [0.25, 0.3) is 0 Å². The van der Waals surface area contributed by atoms with E-state index in [0.29, 0.717) is 17.2 Å². The fraction of sp³-hybridized carbons (Fsp3) is 0.273. The van der Waals surface area contributed by atoms with E-state index in [1.54, 1.807) is 18.3 Å². The zero-order chi connectivity index (χ0) is 21.5. The molecule has 2 heterocycles. The number of amides is 1. The summed E-state index contributed by atoms with van der Waals surface area (Å²) in [5, 5.41) is 6.07. The van der Waals surface area contributed by atoms with Crippen LogP contribution < -0.4 is 20.3 Å². The van der Waals surface area contributed by atoms with Gasteiger partial charge in [-0.3, -0.25) is 4.79 Å². The molecule has 3 aromatic rings. The SMILES string of the molecule is CCN(CC)c1cc(C)nc(Nc2ccc(NC(=O)c3cccnc3OC)cc2)n1. The Morgan fingerprint density at radius 2 is 1.77 bits per heavy atom. The minimum Gasteiger partial charge on any atom is -0.480 e. The Kier molecular flexibility index (Phi) is 6.79. The Morgan fingerprint density at radius 3 is 2.43 bits per heavy atom. The molecule has 0 radical (unpaired) electrons. The average Bonchev–Trinajstić information content (AvgIpc) is 2.75. The van der Waals surface area contributed by atoms with E-state index in [0.717, 1.165) is 30.3 Å². The van der Waals surface area contributed by atoms with Crippen molar-refractivity contribution in [3.05, 3.63) is 59.9 Å². The number of aryl methyl sites for hydroxylation is 1. The highest BCUT2D eigenvalue weighted by molar-refractivity contribution is 6.05. The lowest BCUT2D eigenvalue weighted by molar-refractivity contribution is 0.102. The average molecular weight is 406 g/mol. The number of hydrogen-bond donors (Lipinski definition) is 2. The monoisotopic (exact) mass is 406 g/mol. The van der Waals surface area contributed by atoms with Gasteiger partial charge in [-0.05, 0) is 57.2 Å². The molecule has 0 saturated carbocycles. The number of pyridine rings is 1. The first-order valence-electron chi connectivity index (χ1n) is 9.82. The van der Waals surface area contributed by atoms with E-state index in [-0.39, 0.29) is 11.8 Å². The van der Waals surface area contributed by atoms with E-state index in [4.69, 9.17) is 4.74 Å². The van der Waals surface area contributed by atoms with Gasteiger partial charge in [-0.2, -0.15) is 4.98 Å². The Hall–Kier alpha value is -3.68. The molecule has 0 aliphatic heterocycles. The zero-order valence-electron chi connectivity index (χ0n) is 17.6. The van der Waals surface area contributed by atoms with Crippen LogP contribution in [0.3, 0.4) is 0 Å². The topological polar surface area (TPSA) is 92.3 Å². The maximum absolute atomic E-state index is 12.5. The first kappa shape index (κ1) is 21.0. The van der Waals surface area contributed by atoms with Crippen LogP contribution in [0.5, 0.6) is 5.88 Å². The minimum absolute atomic E-state index is 0.286. The number of hydrogen-bond acceptors (Lipinski definition) is 7. The quantitative estimate of drug-likeness (QED) is 0.583. The van der Waals surface area contributed by atoms with Gasteiger partial charge in [0.05, 0.1) is 7.11 Å². The molecule has 0 atom stereocenters. The van der Waals surface area contributed by atoms with Crippen molar-refractivity contribution in [2.24, 2.45) is 0 Å². The highest BCUT2D eigenvalue weighted by atomic mass is 16.5. The third-order valence-electron chi connectivity index (χ3n) is 4.54. The molecule has 1 amide bonds. The molecule has 8 nitrogen and oxygen atoms in total. The van der Waals surface area contributed by atoms with E-state index in [1.807, 2.05) is 37.3 Å². The van der Waals surface area contributed by atoms with Gasteiger partial charge in [-0.15, -0.1) is 0 Å². The molecule has 0 saturated heterocycles. The van der Waals surface area contributed by atoms with E-state index in [1.165, 1.54) is 7.11 Å². The molecule has 1 aromatic carbocycles. The predicted octanol–water partition coefficient (Wildman–Crippen LogP) is 4.03. The summed E-state index contributed by atoms with van der Waals surface area (Å²) in [5.41, 5.74) is 2.75. The minimum atomic E-state index is -0.286. The molecule has 30 heavy (non-hydrogen) atoms. The van der Waals surface area contributed by atoms with Crippen molar-refractivity contribution in [2.45, 2.75) is 20.8 Å². The first-order chi connectivity index (χ1) is 14.5. The second-order valence-electron chi connectivity index (χ2n) is 6.58. The summed E-state index contributed by atoms with van der Waals surface area (Å²) in [6, 6.07) is 12.7. The normalized spacial score (nSPS) is 10.4. The van der Waals surface area contributed by atoms with Gasteiger partial charge in [0.1, 0.15) is 11.4 Å². The highest BCUT2D eigenvalue weighted by Gasteiger charge is 2.13. The summed E-state index contributed by atoms with van der Waals surface area (Å²) in [4.78, 5) is 27.8. The van der Waals surface area contributed by atoms with Crippen molar-refractivity contribution < 1.29 is 9.53 Å². The van der Waals surface area contributed by atoms with Gasteiger partial charge in [0.15, 0.2) is 0 Å². The number of anilines is 4. The molecule has 2 aromatic heterocycles. The van der Waals surface area contributed by atoms with Crippen molar-refractivity contribution >= 4 is 29.0 Å². The van der Waals surface area contributed by atoms with Gasteiger partial charge in [0.25, 0.3) is 5.91 Å². The second kappa shape index (κ2) is 9.69. The van der Waals surface area contributed by atoms with Crippen molar-refractivity contribution in [1.29, 1.82) is 0 Å². The molecule has 2 N–H and O–H groups in total. The summed E-state index contributed by atoms with van der Waals surface area (Å²) in [7, 11) is 1.48. The summed E-state index contributed by atoms with van der Waals surface area (Å²) in [6.45, 7) is 7.90. The summed E-state index contributed by atoms with van der Waals surface area (Å²) < 4.78 is 5.14. The number of aromatic nitrogens is 3. The van der Waals surface area contributed by atoms with E-state index in [9.17, 15) is 4.79 Å². The van der Waals surface area contributed by atoms with Crippen LogP contribution in [0.4, 0.5) is 23.1 Å². The Bertz CT molecular complexity index is 1000. The Labute approximate surface area is 176 Å². The lowest BCUT2D eigenvalue weighted by Crippen LogP contribution is -2.23. The third-order valence-corrected chi connectivity index (χ3v) is 4.54. The van der Waals surface area contributed by atoms with E-state index >= 15 is 0 Å². The lowest BCUT2D eigenvalue weighted by Gasteiger charge is -2.20. The standard InChI is InChI=1S/C22H26N6O2/c1-5-28(6-2)19-14-15(3)24-22(27-19)26-17-11-9-16(10-12-17)25-20(29)18-8-7-13-23-21(18)30-4/h7-14H,5-6H2,1-4H3,(H,25,29)(H,24,26,27). The van der Waals surface area contributed by atoms with Crippen LogP contribution in [0.1, 0.15) is 29.9 Å². The number of ether oxygens (including phenoxy) is 1. The number of rotatable bonds is 8. The summed E-state index contributed by atoms with van der Waals surface area (Å²) >= 11 is 0. The van der Waals surface area contributed by atoms with Crippen LogP contribution in [0, 0.1) is 6.92 Å². The van der Waals surface area contributed by atoms with Gasteiger partial charge >= 0.3 is 0 Å². The lowest BCUT2D eigenvalue weighted by atomic mass is 10.2. The van der Waals surface area contributed by atoms with Crippen LogP contribution in [-0.4, -0.2) is 41.1 Å². The van der Waals surface area contributed by atoms with Crippen LogP contribution in [-0.2, 0) is 0 Å². The van der Waals surface area contributed by atoms with Crippen molar-refractivity contribution in [3.8, 4) is 5.88 Å². The number of methoxy groups -OCH3 is 1. The highest BCUT2D eigenvalue weighted by Crippen LogP contribution is 2.21. The Morgan fingerprint density at radius 1 is 1.07 bits per heavy atom. The summed E-state index contributed by atoms with van der Waals surface area (Å²) in [6.07, 6.45) is 1.58. The molecule has 0 fully saturated rings. The van der Waals surface area contributed by atoms with Crippen molar-refractivity contribution in [1.82, 2.24) is 15.0 Å². The van der Waals surface area contributed by atoms with Crippen LogP contribution in [0.15, 0.2) is 48.7 Å². The number of carbonyl (C=O) groups is 1. The zero-order valence-corrected chi connectivity index (χ0v) is 17.6. The van der Waals surface area contributed by atoms with E-state index < -0.39 is 0 Å². The van der Waals surface area contributed by atoms with Crippen molar-refractivity contribution in [3.63, 3.8) is 0 Å². The van der Waals surface area contributed by atoms with Gasteiger partial charge < -0.3 is 20.3 Å². The Balaban J connectivity index is 1.71. The first-order valence-corrected chi connectivity index (χ1v) is 9.82. The fourth-order valence-electron chi connectivity index (χ4n) is 3.01. The molecule has 0 unspecified atom stereocenters. The predicted molar refractivity (Wildman–Crippen MR) is 119 cm³/mol. The van der Waals surface area contributed by atoms with Crippen LogP contribution >= 0.6 is 0 Å². The number of nitrogens with one attached hydrogen (secondary N) is 2. The van der Waals surface area contributed by atoms with Crippen molar-refractivity contribution in [2.75, 3.05) is 35.7 Å². The van der Waals surface area contributed by atoms with Gasteiger partial charge in [0, 0.05) is 42.4 Å². The molecule has 0 bridgehead atoms. The van der Waals surface area contributed by atoms with Gasteiger partial charge in [-0.25, -0.2) is 9.97 Å². The maximum Gasteiger partial charge on any atom is 0.261 e. The largest absolute Gasteiger partial charge is 0.480 e. The second-order valence-corrected chi connectivity index (χ2v) is 6.58. The molecular weight excluding hydrogens is 380 g/mol. The van der Waals surface area contributed by atoms with Crippen LogP contribution in [0.2, 0.25) is 0 Å². The molecule has 156 valence electrons.